The van der Waals surface area contributed by atoms with Gasteiger partial charge < -0.3 is 4.84 Å². The molecule has 19 heavy (non-hydrogen) atoms. The summed E-state index contributed by atoms with van der Waals surface area (Å²) >= 11 is 5.96. The van der Waals surface area contributed by atoms with Crippen LogP contribution in [0.1, 0.15) is 45.7 Å². The molecule has 1 aromatic carbocycles. The van der Waals surface area contributed by atoms with Crippen LogP contribution in [-0.2, 0) is 16.7 Å². The lowest BCUT2D eigenvalue weighted by atomic mass is 9.81. The maximum absolute atomic E-state index is 10.4. The van der Waals surface area contributed by atoms with E-state index in [1.165, 1.54) is 14.7 Å². The number of halogens is 2. The molecule has 5 heteroatoms. The third kappa shape index (κ3) is 4.41. The lowest BCUT2D eigenvalue weighted by Crippen LogP contribution is -2.28. The smallest absolute Gasteiger partial charge is 0.155 e. The van der Waals surface area contributed by atoms with E-state index in [0.717, 1.165) is 4.47 Å². The molecule has 0 atom stereocenters. The van der Waals surface area contributed by atoms with Crippen LogP contribution in [0.15, 0.2) is 21.9 Å². The predicted octanol–water partition coefficient (Wildman–Crippen LogP) is 5.37. The fraction of sp³-hybridized carbons (Fsp3) is 0.571. The van der Waals surface area contributed by atoms with Crippen LogP contribution >= 0.6 is 38.5 Å². The fourth-order valence-corrected chi connectivity index (χ4v) is 3.74. The zero-order valence-electron chi connectivity index (χ0n) is 11.9. The van der Waals surface area contributed by atoms with Crippen molar-refractivity contribution < 1.29 is 4.84 Å². The van der Waals surface area contributed by atoms with Crippen molar-refractivity contribution >= 4 is 38.5 Å². The Morgan fingerprint density at radius 3 is 2.32 bits per heavy atom. The summed E-state index contributed by atoms with van der Waals surface area (Å²) in [5.41, 5.74) is 1.86. The molecule has 0 aliphatic heterocycles. The first-order valence-electron chi connectivity index (χ1n) is 6.07. The van der Waals surface area contributed by atoms with Gasteiger partial charge in [0.15, 0.2) is 5.34 Å². The first-order valence-corrected chi connectivity index (χ1v) is 7.94. The van der Waals surface area contributed by atoms with Gasteiger partial charge in [0.2, 0.25) is 0 Å². The highest BCUT2D eigenvalue weighted by atomic mass is 127. The number of benzene rings is 1. The minimum Gasteiger partial charge on any atom is -0.358 e. The van der Waals surface area contributed by atoms with Gasteiger partial charge in [0, 0.05) is 14.5 Å². The first kappa shape index (κ1) is 16.9. The minimum atomic E-state index is -0.609. The third-order valence-electron chi connectivity index (χ3n) is 2.84. The highest BCUT2D eigenvalue weighted by Crippen LogP contribution is 2.37. The Labute approximate surface area is 136 Å². The van der Waals surface area contributed by atoms with Crippen LogP contribution in [0, 0.1) is 8.48 Å². The molecule has 0 aromatic heterocycles. The van der Waals surface area contributed by atoms with Crippen LogP contribution in [0.3, 0.4) is 0 Å². The lowest BCUT2D eigenvalue weighted by molar-refractivity contribution is -0.0171. The standard InChI is InChI=1S/C14H19BrINO2/c1-13(2,3)12-9(8-14(4,5)19-17-18)11(16)7-6-10(12)15/h6-7H,8H2,1-5H3. The molecule has 106 valence electrons. The van der Waals surface area contributed by atoms with Gasteiger partial charge in [-0.2, -0.15) is 0 Å². The molecule has 0 N–H and O–H groups in total. The minimum absolute atomic E-state index is 0.0139. The Balaban J connectivity index is 3.34. The SMILES string of the molecule is CC(C)(Cc1c(I)ccc(Br)c1C(C)(C)C)ON=O. The average Bonchev–Trinajstić information content (AvgIpc) is 2.21. The highest BCUT2D eigenvalue weighted by molar-refractivity contribution is 14.1. The maximum Gasteiger partial charge on any atom is 0.155 e. The van der Waals surface area contributed by atoms with Crippen molar-refractivity contribution in [1.82, 2.24) is 0 Å². The second kappa shape index (κ2) is 6.08. The molecule has 0 amide bonds. The Hall–Kier alpha value is -0.170. The fourth-order valence-electron chi connectivity index (χ4n) is 2.14. The van der Waals surface area contributed by atoms with Crippen LogP contribution in [-0.4, -0.2) is 5.60 Å². The molecule has 0 saturated carbocycles. The van der Waals surface area contributed by atoms with Crippen molar-refractivity contribution in [2.75, 3.05) is 0 Å². The van der Waals surface area contributed by atoms with Crippen molar-refractivity contribution in [2.45, 2.75) is 52.1 Å². The zero-order chi connectivity index (χ0) is 14.8. The predicted molar refractivity (Wildman–Crippen MR) is 90.2 cm³/mol. The van der Waals surface area contributed by atoms with E-state index in [2.05, 4.69) is 76.8 Å². The molecule has 0 heterocycles. The molecule has 0 radical (unpaired) electrons. The molecule has 0 fully saturated rings. The second-order valence-corrected chi connectivity index (χ2v) is 8.25. The first-order chi connectivity index (χ1) is 8.58. The van der Waals surface area contributed by atoms with Gasteiger partial charge in [-0.1, -0.05) is 36.7 Å². The maximum atomic E-state index is 10.4. The van der Waals surface area contributed by atoms with Crippen molar-refractivity contribution in [2.24, 2.45) is 5.34 Å². The van der Waals surface area contributed by atoms with E-state index in [1.54, 1.807) is 0 Å². The molecule has 0 aliphatic rings. The van der Waals surface area contributed by atoms with E-state index >= 15 is 0 Å². The van der Waals surface area contributed by atoms with Crippen LogP contribution in [0.2, 0.25) is 0 Å². The quantitative estimate of drug-likeness (QED) is 0.359. The van der Waals surface area contributed by atoms with Gasteiger partial charge in [-0.05, 0) is 65.1 Å². The summed E-state index contributed by atoms with van der Waals surface area (Å²) in [5.74, 6) is 0. The van der Waals surface area contributed by atoms with Gasteiger partial charge >= 0.3 is 0 Å². The summed E-state index contributed by atoms with van der Waals surface area (Å²) in [6, 6.07) is 4.14. The Bertz CT molecular complexity index is 481. The Kier molecular flexibility index (Phi) is 5.40. The molecule has 0 saturated heterocycles. The van der Waals surface area contributed by atoms with E-state index in [9.17, 15) is 4.91 Å². The molecule has 0 aliphatic carbocycles. The van der Waals surface area contributed by atoms with Crippen LogP contribution in [0.25, 0.3) is 0 Å². The number of rotatable bonds is 4. The van der Waals surface area contributed by atoms with Gasteiger partial charge in [-0.15, -0.1) is 4.91 Å². The highest BCUT2D eigenvalue weighted by Gasteiger charge is 2.29. The van der Waals surface area contributed by atoms with Gasteiger partial charge in [-0.3, -0.25) is 0 Å². The molecule has 0 spiro atoms. The number of hydrogen-bond acceptors (Lipinski definition) is 3. The van der Waals surface area contributed by atoms with Gasteiger partial charge in [0.05, 0.1) is 0 Å². The van der Waals surface area contributed by atoms with Gasteiger partial charge in [0.25, 0.3) is 0 Å². The molecule has 0 bridgehead atoms. The van der Waals surface area contributed by atoms with Crippen LogP contribution in [0.4, 0.5) is 0 Å². The molecule has 1 aromatic rings. The Morgan fingerprint density at radius 2 is 1.84 bits per heavy atom. The molecule has 3 nitrogen and oxygen atoms in total. The summed E-state index contributed by atoms with van der Waals surface area (Å²) in [4.78, 5) is 15.3. The van der Waals surface area contributed by atoms with Gasteiger partial charge in [-0.25, -0.2) is 0 Å². The number of nitrogens with zero attached hydrogens (tertiary/aromatic N) is 1. The summed E-state index contributed by atoms with van der Waals surface area (Å²) in [7, 11) is 0. The van der Waals surface area contributed by atoms with E-state index < -0.39 is 5.60 Å². The molecular weight excluding hydrogens is 421 g/mol. The van der Waals surface area contributed by atoms with Crippen LogP contribution in [0.5, 0.6) is 0 Å². The topological polar surface area (TPSA) is 38.7 Å². The van der Waals surface area contributed by atoms with E-state index in [1.807, 2.05) is 13.8 Å². The van der Waals surface area contributed by atoms with Crippen molar-refractivity contribution in [3.63, 3.8) is 0 Å². The van der Waals surface area contributed by atoms with Gasteiger partial charge in [0.1, 0.15) is 5.60 Å². The molecule has 1 rings (SSSR count). The normalized spacial score (nSPS) is 12.4. The third-order valence-corrected chi connectivity index (χ3v) is 4.51. The summed E-state index contributed by atoms with van der Waals surface area (Å²) in [6.07, 6.45) is 0.642. The number of hydrogen-bond donors (Lipinski definition) is 0. The summed E-state index contributed by atoms with van der Waals surface area (Å²) in [5, 5.41) is 2.58. The van der Waals surface area contributed by atoms with Crippen molar-refractivity contribution in [1.29, 1.82) is 0 Å². The average molecular weight is 440 g/mol. The largest absolute Gasteiger partial charge is 0.358 e. The second-order valence-electron chi connectivity index (χ2n) is 6.24. The lowest BCUT2D eigenvalue weighted by Gasteiger charge is -2.29. The van der Waals surface area contributed by atoms with E-state index in [-0.39, 0.29) is 5.41 Å². The summed E-state index contributed by atoms with van der Waals surface area (Å²) in [6.45, 7) is 10.3. The van der Waals surface area contributed by atoms with E-state index in [0.29, 0.717) is 6.42 Å². The summed E-state index contributed by atoms with van der Waals surface area (Å²) < 4.78 is 2.26. The molecule has 0 unspecified atom stereocenters. The van der Waals surface area contributed by atoms with Crippen LogP contribution < -0.4 is 0 Å². The zero-order valence-corrected chi connectivity index (χ0v) is 15.6. The van der Waals surface area contributed by atoms with Crippen molar-refractivity contribution in [3.8, 4) is 0 Å². The van der Waals surface area contributed by atoms with E-state index in [4.69, 9.17) is 4.84 Å². The van der Waals surface area contributed by atoms with Crippen molar-refractivity contribution in [3.05, 3.63) is 36.2 Å². The molecular formula is C14H19BrINO2. The Morgan fingerprint density at radius 1 is 1.26 bits per heavy atom. The monoisotopic (exact) mass is 439 g/mol.